The molecule has 1 aliphatic rings. The van der Waals surface area contributed by atoms with Crippen LogP contribution in [0, 0.1) is 6.92 Å². The van der Waals surface area contributed by atoms with Gasteiger partial charge in [-0.05, 0) is 44.4 Å². The van der Waals surface area contributed by atoms with E-state index in [4.69, 9.17) is 9.15 Å². The van der Waals surface area contributed by atoms with Gasteiger partial charge in [-0.25, -0.2) is 4.98 Å². The highest BCUT2D eigenvalue weighted by atomic mass is 16.5. The molecule has 9 heteroatoms. The van der Waals surface area contributed by atoms with Crippen LogP contribution < -0.4 is 10.6 Å². The number of nitrogens with zero attached hydrogens (tertiary/aromatic N) is 3. The van der Waals surface area contributed by atoms with Gasteiger partial charge >= 0.3 is 0 Å². The fourth-order valence-electron chi connectivity index (χ4n) is 3.86. The van der Waals surface area contributed by atoms with Crippen LogP contribution in [0.4, 0.5) is 5.69 Å². The second-order valence-electron chi connectivity index (χ2n) is 8.14. The van der Waals surface area contributed by atoms with Crippen LogP contribution in [-0.2, 0) is 29.5 Å². The third-order valence-corrected chi connectivity index (χ3v) is 5.62. The van der Waals surface area contributed by atoms with Gasteiger partial charge in [-0.15, -0.1) is 0 Å². The van der Waals surface area contributed by atoms with Gasteiger partial charge in [0.25, 0.3) is 11.8 Å². The molecule has 1 aromatic carbocycles. The van der Waals surface area contributed by atoms with E-state index in [1.54, 1.807) is 24.7 Å². The number of benzene rings is 1. The molecule has 3 heterocycles. The molecule has 0 aliphatic carbocycles. The molecule has 1 fully saturated rings. The molecule has 2 aromatic heterocycles. The number of nitrogens with one attached hydrogen (secondary N) is 2. The summed E-state index contributed by atoms with van der Waals surface area (Å²) in [5.74, 6) is 0.586. The molecule has 0 unspecified atom stereocenters. The van der Waals surface area contributed by atoms with Gasteiger partial charge in [-0.3, -0.25) is 14.3 Å². The van der Waals surface area contributed by atoms with E-state index < -0.39 is 6.10 Å². The van der Waals surface area contributed by atoms with Crippen molar-refractivity contribution in [2.45, 2.75) is 52.2 Å². The van der Waals surface area contributed by atoms with Gasteiger partial charge in [0, 0.05) is 13.7 Å². The van der Waals surface area contributed by atoms with Gasteiger partial charge in [0.1, 0.15) is 23.3 Å². The van der Waals surface area contributed by atoms with Crippen molar-refractivity contribution in [1.29, 1.82) is 0 Å². The highest BCUT2D eigenvalue weighted by Gasteiger charge is 2.25. The summed E-state index contributed by atoms with van der Waals surface area (Å²) < 4.78 is 12.9. The minimum atomic E-state index is -0.431. The van der Waals surface area contributed by atoms with E-state index >= 15 is 0 Å². The van der Waals surface area contributed by atoms with Crippen LogP contribution in [0.2, 0.25) is 0 Å². The molecular weight excluding hydrogens is 422 g/mol. The predicted molar refractivity (Wildman–Crippen MR) is 123 cm³/mol. The zero-order valence-electron chi connectivity index (χ0n) is 19.2. The van der Waals surface area contributed by atoms with Crippen LogP contribution >= 0.6 is 0 Å². The van der Waals surface area contributed by atoms with Gasteiger partial charge in [0.2, 0.25) is 5.89 Å². The van der Waals surface area contributed by atoms with Gasteiger partial charge in [0.05, 0.1) is 23.5 Å². The SMILES string of the molecule is CCCc1cc(C(=O)NCc2nc(-c3ccccc3NC(=O)[C@@H]3CCCO3)oc2C)n(C)n1. The van der Waals surface area contributed by atoms with Crippen LogP contribution in [0.5, 0.6) is 0 Å². The Balaban J connectivity index is 1.46. The maximum atomic E-state index is 12.7. The Kier molecular flexibility index (Phi) is 6.88. The largest absolute Gasteiger partial charge is 0.441 e. The zero-order valence-corrected chi connectivity index (χ0v) is 19.2. The first-order valence-corrected chi connectivity index (χ1v) is 11.3. The second kappa shape index (κ2) is 9.99. The molecule has 0 bridgehead atoms. The summed E-state index contributed by atoms with van der Waals surface area (Å²) in [6.45, 7) is 4.69. The molecule has 9 nitrogen and oxygen atoms in total. The molecule has 174 valence electrons. The summed E-state index contributed by atoms with van der Waals surface area (Å²) >= 11 is 0. The average Bonchev–Trinajstić information content (AvgIpc) is 3.53. The summed E-state index contributed by atoms with van der Waals surface area (Å²) in [6.07, 6.45) is 2.96. The number of rotatable bonds is 8. The molecule has 0 spiro atoms. The molecule has 33 heavy (non-hydrogen) atoms. The van der Waals surface area contributed by atoms with E-state index in [1.165, 1.54) is 0 Å². The fraction of sp³-hybridized carbons (Fsp3) is 0.417. The number of carbonyl (C=O) groups excluding carboxylic acids is 2. The molecule has 0 radical (unpaired) electrons. The number of para-hydroxylation sites is 1. The molecule has 1 saturated heterocycles. The Morgan fingerprint density at radius 1 is 1.27 bits per heavy atom. The highest BCUT2D eigenvalue weighted by Crippen LogP contribution is 2.29. The first-order valence-electron chi connectivity index (χ1n) is 11.3. The number of aryl methyl sites for hydroxylation is 3. The topological polar surface area (TPSA) is 111 Å². The normalized spacial score (nSPS) is 15.5. The molecule has 2 amide bonds. The van der Waals surface area contributed by atoms with Crippen LogP contribution in [0.15, 0.2) is 34.7 Å². The maximum absolute atomic E-state index is 12.7. The lowest BCUT2D eigenvalue weighted by atomic mass is 10.1. The molecule has 1 aliphatic heterocycles. The Morgan fingerprint density at radius 2 is 2.09 bits per heavy atom. The standard InChI is InChI=1S/C24H29N5O4/c1-4-8-16-13-20(29(3)28-16)22(30)25-14-19-15(2)33-24(27-19)17-9-5-6-10-18(17)26-23(31)21-11-7-12-32-21/h5-6,9-10,13,21H,4,7-8,11-12,14H2,1-3H3,(H,25,30)(H,26,31)/t21-/m0/s1. The summed E-state index contributed by atoms with van der Waals surface area (Å²) in [5, 5.41) is 10.2. The molecular formula is C24H29N5O4. The minimum Gasteiger partial charge on any atom is -0.441 e. The first kappa shape index (κ1) is 22.7. The van der Waals surface area contributed by atoms with Gasteiger partial charge in [0.15, 0.2) is 0 Å². The molecule has 1 atom stereocenters. The monoisotopic (exact) mass is 451 g/mol. The van der Waals surface area contributed by atoms with Crippen molar-refractivity contribution >= 4 is 17.5 Å². The van der Waals surface area contributed by atoms with Crippen molar-refractivity contribution < 1.29 is 18.7 Å². The minimum absolute atomic E-state index is 0.172. The van der Waals surface area contributed by atoms with Crippen molar-refractivity contribution in [2.24, 2.45) is 7.05 Å². The van der Waals surface area contributed by atoms with E-state index in [1.807, 2.05) is 24.3 Å². The van der Waals surface area contributed by atoms with Crippen LogP contribution in [0.25, 0.3) is 11.5 Å². The Labute approximate surface area is 192 Å². The molecule has 2 N–H and O–H groups in total. The van der Waals surface area contributed by atoms with E-state index in [0.29, 0.717) is 47.3 Å². The van der Waals surface area contributed by atoms with E-state index in [9.17, 15) is 9.59 Å². The lowest BCUT2D eigenvalue weighted by molar-refractivity contribution is -0.124. The Bertz CT molecular complexity index is 1140. The summed E-state index contributed by atoms with van der Waals surface area (Å²) in [4.78, 5) is 29.7. The van der Waals surface area contributed by atoms with Crippen molar-refractivity contribution in [3.8, 4) is 11.5 Å². The highest BCUT2D eigenvalue weighted by molar-refractivity contribution is 5.97. The average molecular weight is 452 g/mol. The number of amides is 2. The molecule has 4 rings (SSSR count). The summed E-state index contributed by atoms with van der Waals surface area (Å²) in [5.41, 5.74) is 3.29. The quantitative estimate of drug-likeness (QED) is 0.543. The molecule has 0 saturated carbocycles. The lowest BCUT2D eigenvalue weighted by Crippen LogP contribution is -2.27. The van der Waals surface area contributed by atoms with Crippen LogP contribution in [0.3, 0.4) is 0 Å². The van der Waals surface area contributed by atoms with E-state index in [0.717, 1.165) is 25.0 Å². The van der Waals surface area contributed by atoms with Gasteiger partial charge < -0.3 is 19.8 Å². The van der Waals surface area contributed by atoms with E-state index in [-0.39, 0.29) is 18.4 Å². The van der Waals surface area contributed by atoms with Crippen molar-refractivity contribution in [2.75, 3.05) is 11.9 Å². The second-order valence-corrected chi connectivity index (χ2v) is 8.14. The summed E-state index contributed by atoms with van der Waals surface area (Å²) in [6, 6.07) is 9.15. The Hall–Kier alpha value is -3.46. The number of aromatic nitrogens is 3. The van der Waals surface area contributed by atoms with Crippen LogP contribution in [0.1, 0.15) is 53.8 Å². The fourth-order valence-corrected chi connectivity index (χ4v) is 3.86. The third-order valence-electron chi connectivity index (χ3n) is 5.62. The van der Waals surface area contributed by atoms with Gasteiger partial charge in [-0.2, -0.15) is 5.10 Å². The number of oxazole rings is 1. The number of hydrogen-bond acceptors (Lipinski definition) is 6. The first-order chi connectivity index (χ1) is 16.0. The number of carbonyl (C=O) groups is 2. The summed E-state index contributed by atoms with van der Waals surface area (Å²) in [7, 11) is 1.76. The van der Waals surface area contributed by atoms with Crippen molar-refractivity contribution in [3.63, 3.8) is 0 Å². The van der Waals surface area contributed by atoms with E-state index in [2.05, 4.69) is 27.6 Å². The third kappa shape index (κ3) is 5.14. The zero-order chi connectivity index (χ0) is 23.4. The van der Waals surface area contributed by atoms with Crippen LogP contribution in [-0.4, -0.2) is 39.3 Å². The number of anilines is 1. The smallest absolute Gasteiger partial charge is 0.269 e. The Morgan fingerprint density at radius 3 is 2.85 bits per heavy atom. The molecule has 3 aromatic rings. The van der Waals surface area contributed by atoms with Gasteiger partial charge in [-0.1, -0.05) is 25.5 Å². The number of ether oxygens (including phenoxy) is 1. The lowest BCUT2D eigenvalue weighted by Gasteiger charge is -2.12. The number of hydrogen-bond donors (Lipinski definition) is 2. The predicted octanol–water partition coefficient (Wildman–Crippen LogP) is 3.38. The van der Waals surface area contributed by atoms with Crippen molar-refractivity contribution in [1.82, 2.24) is 20.1 Å². The maximum Gasteiger partial charge on any atom is 0.269 e. The van der Waals surface area contributed by atoms with Crippen molar-refractivity contribution in [3.05, 3.63) is 53.2 Å².